The van der Waals surface area contributed by atoms with Crippen LogP contribution in [-0.4, -0.2) is 41.8 Å². The van der Waals surface area contributed by atoms with Crippen LogP contribution in [0.2, 0.25) is 0 Å². The lowest BCUT2D eigenvalue weighted by Gasteiger charge is -2.14. The van der Waals surface area contributed by atoms with Gasteiger partial charge in [0.25, 0.3) is 11.8 Å². The second kappa shape index (κ2) is 10.0. The van der Waals surface area contributed by atoms with Crippen LogP contribution in [-0.2, 0) is 9.59 Å². The van der Waals surface area contributed by atoms with Gasteiger partial charge in [-0.3, -0.25) is 14.5 Å². The van der Waals surface area contributed by atoms with Gasteiger partial charge in [-0.05, 0) is 83.5 Å². The predicted octanol–water partition coefficient (Wildman–Crippen LogP) is 4.77. The number of carbonyl (C=O) groups is 2. The number of hydrogen-bond donors (Lipinski definition) is 1. The zero-order valence-electron chi connectivity index (χ0n) is 17.4. The van der Waals surface area contributed by atoms with E-state index in [0.29, 0.717) is 20.7 Å². The van der Waals surface area contributed by atoms with Crippen molar-refractivity contribution < 1.29 is 19.1 Å². The Hall–Kier alpha value is -2.11. The Morgan fingerprint density at radius 1 is 1.23 bits per heavy atom. The van der Waals surface area contributed by atoms with Crippen LogP contribution in [0.5, 0.6) is 11.5 Å². The maximum atomic E-state index is 12.4. The molecular weight excluding hydrogens is 547 g/mol. The summed E-state index contributed by atoms with van der Waals surface area (Å²) in [5, 5.41) is 2.85. The summed E-state index contributed by atoms with van der Waals surface area (Å²) >= 11 is 8.55. The van der Waals surface area contributed by atoms with Crippen molar-refractivity contribution in [2.75, 3.05) is 26.1 Å². The van der Waals surface area contributed by atoms with E-state index in [4.69, 9.17) is 21.7 Å². The van der Waals surface area contributed by atoms with E-state index in [2.05, 4.69) is 27.9 Å². The molecule has 1 aliphatic rings. The molecule has 1 N–H and O–H groups in total. The van der Waals surface area contributed by atoms with Crippen LogP contribution in [0.4, 0.5) is 5.69 Å². The highest BCUT2D eigenvalue weighted by Gasteiger charge is 2.28. The van der Waals surface area contributed by atoms with Crippen LogP contribution in [0.3, 0.4) is 0 Å². The van der Waals surface area contributed by atoms with Gasteiger partial charge in [-0.2, -0.15) is 0 Å². The number of halogens is 1. The van der Waals surface area contributed by atoms with Crippen LogP contribution in [0.1, 0.15) is 16.7 Å². The Morgan fingerprint density at radius 3 is 2.48 bits per heavy atom. The van der Waals surface area contributed by atoms with Crippen LogP contribution in [0.15, 0.2) is 35.2 Å². The van der Waals surface area contributed by atoms with Crippen molar-refractivity contribution in [2.24, 2.45) is 0 Å². The number of thioether (sulfide) groups is 1. The summed E-state index contributed by atoms with van der Waals surface area (Å²) in [6.45, 7) is 3.80. The number of rotatable bonds is 6. The fraction of sp³-hybridized carbons (Fsp3) is 0.227. The highest BCUT2D eigenvalue weighted by atomic mass is 127. The van der Waals surface area contributed by atoms with E-state index < -0.39 is 0 Å². The normalized spacial score (nSPS) is 14.9. The smallest absolute Gasteiger partial charge is 0.265 e. The number of likely N-dealkylation sites (N-methyl/N-ethyl adjacent to an activating group) is 1. The molecule has 1 heterocycles. The topological polar surface area (TPSA) is 67.9 Å². The molecule has 2 aromatic rings. The van der Waals surface area contributed by atoms with Gasteiger partial charge in [-0.25, -0.2) is 0 Å². The van der Waals surface area contributed by atoms with Crippen molar-refractivity contribution in [3.8, 4) is 11.5 Å². The molecule has 1 fully saturated rings. The van der Waals surface area contributed by atoms with E-state index in [1.165, 1.54) is 23.8 Å². The average molecular weight is 568 g/mol. The first kappa shape index (κ1) is 23.6. The number of amides is 2. The molecule has 0 spiro atoms. The Kier molecular flexibility index (Phi) is 7.60. The fourth-order valence-corrected chi connectivity index (χ4v) is 5.00. The minimum Gasteiger partial charge on any atom is -0.493 e. The number of anilines is 1. The van der Waals surface area contributed by atoms with Crippen molar-refractivity contribution in [3.63, 3.8) is 0 Å². The van der Waals surface area contributed by atoms with Crippen LogP contribution in [0.25, 0.3) is 6.08 Å². The van der Waals surface area contributed by atoms with E-state index in [1.54, 1.807) is 19.2 Å². The second-order valence-corrected chi connectivity index (χ2v) is 9.83. The first-order chi connectivity index (χ1) is 14.7. The first-order valence-corrected chi connectivity index (χ1v) is 11.6. The molecule has 3 rings (SSSR count). The fourth-order valence-electron chi connectivity index (χ4n) is 3.04. The van der Waals surface area contributed by atoms with E-state index in [0.717, 1.165) is 25.9 Å². The van der Waals surface area contributed by atoms with Gasteiger partial charge in [0, 0.05) is 12.7 Å². The molecule has 1 aliphatic heterocycles. The molecule has 162 valence electrons. The van der Waals surface area contributed by atoms with E-state index >= 15 is 0 Å². The number of aryl methyl sites for hydroxylation is 2. The second-order valence-electron chi connectivity index (χ2n) is 6.99. The molecule has 0 atom stereocenters. The third-order valence-electron chi connectivity index (χ3n) is 4.39. The minimum absolute atomic E-state index is 0.132. The molecule has 0 aromatic heterocycles. The summed E-state index contributed by atoms with van der Waals surface area (Å²) in [4.78, 5) is 26.6. The third-order valence-corrected chi connectivity index (χ3v) is 6.68. The zero-order valence-corrected chi connectivity index (χ0v) is 21.2. The Labute approximate surface area is 204 Å². The number of methoxy groups -OCH3 is 1. The van der Waals surface area contributed by atoms with E-state index in [-0.39, 0.29) is 18.4 Å². The molecule has 2 aromatic carbocycles. The van der Waals surface area contributed by atoms with Gasteiger partial charge < -0.3 is 14.8 Å². The molecule has 1 saturated heterocycles. The van der Waals surface area contributed by atoms with Gasteiger partial charge in [-0.15, -0.1) is 0 Å². The number of nitrogens with one attached hydrogen (secondary N) is 1. The summed E-state index contributed by atoms with van der Waals surface area (Å²) in [6, 6.07) is 9.48. The number of nitrogens with zero attached hydrogens (tertiary/aromatic N) is 1. The van der Waals surface area contributed by atoms with Crippen molar-refractivity contribution in [1.82, 2.24) is 4.90 Å². The minimum atomic E-state index is -0.265. The number of ether oxygens (including phenoxy) is 2. The molecule has 0 bridgehead atoms. The molecule has 0 radical (unpaired) electrons. The Morgan fingerprint density at radius 2 is 1.90 bits per heavy atom. The Balaban J connectivity index is 1.74. The van der Waals surface area contributed by atoms with Gasteiger partial charge in [-0.1, -0.05) is 30.0 Å². The van der Waals surface area contributed by atoms with Gasteiger partial charge in [0.2, 0.25) is 0 Å². The lowest BCUT2D eigenvalue weighted by Crippen LogP contribution is -2.22. The molecule has 0 unspecified atom stereocenters. The largest absolute Gasteiger partial charge is 0.493 e. The lowest BCUT2D eigenvalue weighted by molar-refractivity contribution is -0.121. The Bertz CT molecular complexity index is 1080. The van der Waals surface area contributed by atoms with E-state index in [1.807, 2.05) is 38.1 Å². The van der Waals surface area contributed by atoms with Crippen molar-refractivity contribution in [3.05, 3.63) is 55.5 Å². The molecule has 0 saturated carbocycles. The van der Waals surface area contributed by atoms with Crippen molar-refractivity contribution in [2.45, 2.75) is 13.8 Å². The number of thiocarbonyl (C=S) groups is 1. The lowest BCUT2D eigenvalue weighted by atomic mass is 10.1. The molecule has 6 nitrogen and oxygen atoms in total. The standard InChI is InChI=1S/C22H21IN2O4S2/c1-12-5-13(2)7-15(6-12)24-19(26)11-29-20-16(23)8-14(9-17(20)28-4)10-18-21(27)25(3)22(30)31-18/h5-10H,11H2,1-4H3,(H,24,26)/b18-10-. The molecule has 9 heteroatoms. The summed E-state index contributed by atoms with van der Waals surface area (Å²) in [7, 11) is 3.19. The molecule has 2 amide bonds. The maximum Gasteiger partial charge on any atom is 0.265 e. The highest BCUT2D eigenvalue weighted by Crippen LogP contribution is 2.37. The van der Waals surface area contributed by atoms with Gasteiger partial charge in [0.05, 0.1) is 15.6 Å². The number of benzene rings is 2. The molecular formula is C22H21IN2O4S2. The van der Waals surface area contributed by atoms with Crippen molar-refractivity contribution >= 4 is 74.5 Å². The molecule has 0 aliphatic carbocycles. The van der Waals surface area contributed by atoms with Gasteiger partial charge in [0.1, 0.15) is 4.32 Å². The number of hydrogen-bond acceptors (Lipinski definition) is 6. The summed E-state index contributed by atoms with van der Waals surface area (Å²) in [6.07, 6.45) is 1.77. The first-order valence-electron chi connectivity index (χ1n) is 9.28. The monoisotopic (exact) mass is 568 g/mol. The maximum absolute atomic E-state index is 12.4. The van der Waals surface area contributed by atoms with Gasteiger partial charge >= 0.3 is 0 Å². The van der Waals surface area contributed by atoms with Crippen LogP contribution >= 0.6 is 46.6 Å². The predicted molar refractivity (Wildman–Crippen MR) is 137 cm³/mol. The number of carbonyl (C=O) groups excluding carboxylic acids is 2. The summed E-state index contributed by atoms with van der Waals surface area (Å²) in [5.74, 6) is 0.550. The third kappa shape index (κ3) is 5.78. The summed E-state index contributed by atoms with van der Waals surface area (Å²) in [5.41, 5.74) is 3.66. The average Bonchev–Trinajstić information content (AvgIpc) is 2.92. The van der Waals surface area contributed by atoms with Crippen molar-refractivity contribution in [1.29, 1.82) is 0 Å². The van der Waals surface area contributed by atoms with Gasteiger partial charge in [0.15, 0.2) is 18.1 Å². The zero-order chi connectivity index (χ0) is 22.7. The molecule has 31 heavy (non-hydrogen) atoms. The van der Waals surface area contributed by atoms with Crippen LogP contribution < -0.4 is 14.8 Å². The SMILES string of the molecule is COc1cc(/C=C2\SC(=S)N(C)C2=O)cc(I)c1OCC(=O)Nc1cc(C)cc(C)c1. The van der Waals surface area contributed by atoms with E-state index in [9.17, 15) is 9.59 Å². The quantitative estimate of drug-likeness (QED) is 0.308. The highest BCUT2D eigenvalue weighted by molar-refractivity contribution is 14.1. The van der Waals surface area contributed by atoms with Crippen LogP contribution in [0, 0.1) is 17.4 Å². The summed E-state index contributed by atoms with van der Waals surface area (Å²) < 4.78 is 12.5.